The third-order valence-corrected chi connectivity index (χ3v) is 4.19. The number of alkyl halides is 3. The molecule has 0 spiro atoms. The van der Waals surface area contributed by atoms with Gasteiger partial charge in [-0.25, -0.2) is 0 Å². The zero-order valence-corrected chi connectivity index (χ0v) is 12.8. The fraction of sp³-hybridized carbons (Fsp3) is 0.294. The Bertz CT molecular complexity index is 790. The topological polar surface area (TPSA) is 53.4 Å². The van der Waals surface area contributed by atoms with Crippen molar-refractivity contribution in [3.63, 3.8) is 0 Å². The van der Waals surface area contributed by atoms with E-state index in [1.807, 2.05) is 0 Å². The summed E-state index contributed by atoms with van der Waals surface area (Å²) in [6.07, 6.45) is -2.96. The average Bonchev–Trinajstić information content (AvgIpc) is 2.52. The molecule has 1 N–H and O–H groups in total. The van der Waals surface area contributed by atoms with E-state index in [1.165, 1.54) is 12.1 Å². The number of hydrogen-bond acceptors (Lipinski definition) is 3. The molecule has 3 rings (SSSR count). The van der Waals surface area contributed by atoms with Crippen LogP contribution in [-0.4, -0.2) is 22.6 Å². The molecule has 7 heteroatoms. The van der Waals surface area contributed by atoms with E-state index in [2.05, 4.69) is 4.98 Å². The lowest BCUT2D eigenvalue weighted by Gasteiger charge is -2.35. The van der Waals surface area contributed by atoms with Crippen LogP contribution < -0.4 is 4.90 Å². The molecular weight excluding hydrogens is 321 g/mol. The van der Waals surface area contributed by atoms with Crippen LogP contribution in [0.4, 0.5) is 18.9 Å². The number of aromatic nitrogens is 1. The Morgan fingerprint density at radius 1 is 1.33 bits per heavy atom. The summed E-state index contributed by atoms with van der Waals surface area (Å²) >= 11 is 0. The van der Waals surface area contributed by atoms with Crippen LogP contribution in [0.25, 0.3) is 0 Å². The van der Waals surface area contributed by atoms with Crippen molar-refractivity contribution in [1.29, 1.82) is 0 Å². The number of hydrogen-bond donors (Lipinski definition) is 1. The fourth-order valence-corrected chi connectivity index (χ4v) is 3.08. The quantitative estimate of drug-likeness (QED) is 0.910. The summed E-state index contributed by atoms with van der Waals surface area (Å²) < 4.78 is 40.0. The van der Waals surface area contributed by atoms with Crippen molar-refractivity contribution in [2.24, 2.45) is 0 Å². The third-order valence-electron chi connectivity index (χ3n) is 4.19. The molecule has 1 unspecified atom stereocenters. The van der Waals surface area contributed by atoms with E-state index < -0.39 is 23.6 Å². The number of carbonyl (C=O) groups is 1. The van der Waals surface area contributed by atoms with Gasteiger partial charge in [-0.2, -0.15) is 13.2 Å². The molecule has 1 aliphatic rings. The molecule has 1 atom stereocenters. The number of anilines is 1. The number of aryl methyl sites for hydroxylation is 1. The monoisotopic (exact) mass is 336 g/mol. The average molecular weight is 336 g/mol. The molecule has 0 aliphatic carbocycles. The van der Waals surface area contributed by atoms with Gasteiger partial charge in [0.2, 0.25) is 0 Å². The molecule has 1 aromatic carbocycles. The van der Waals surface area contributed by atoms with Crippen LogP contribution in [0.15, 0.2) is 36.5 Å². The van der Waals surface area contributed by atoms with E-state index in [0.29, 0.717) is 11.4 Å². The highest BCUT2D eigenvalue weighted by Crippen LogP contribution is 2.39. The molecule has 0 bridgehead atoms. The first-order valence-electron chi connectivity index (χ1n) is 7.37. The molecule has 4 nitrogen and oxygen atoms in total. The van der Waals surface area contributed by atoms with E-state index in [0.717, 1.165) is 6.07 Å². The molecule has 1 aliphatic heterocycles. The van der Waals surface area contributed by atoms with Crippen molar-refractivity contribution in [3.05, 3.63) is 58.9 Å². The summed E-state index contributed by atoms with van der Waals surface area (Å²) in [4.78, 5) is 17.3. The van der Waals surface area contributed by atoms with Crippen molar-refractivity contribution in [2.75, 3.05) is 11.4 Å². The number of aliphatic carboxylic acids is 1. The predicted octanol–water partition coefficient (Wildman–Crippen LogP) is 3.60. The number of benzene rings is 1. The zero-order valence-electron chi connectivity index (χ0n) is 12.8. The molecule has 24 heavy (non-hydrogen) atoms. The summed E-state index contributed by atoms with van der Waals surface area (Å²) in [6.45, 7) is 1.91. The van der Waals surface area contributed by atoms with Crippen molar-refractivity contribution < 1.29 is 23.1 Å². The Morgan fingerprint density at radius 3 is 2.71 bits per heavy atom. The minimum Gasteiger partial charge on any atom is -0.481 e. The summed E-state index contributed by atoms with van der Waals surface area (Å²) in [7, 11) is 0. The molecule has 1 aromatic heterocycles. The van der Waals surface area contributed by atoms with Gasteiger partial charge in [0.15, 0.2) is 0 Å². The first kappa shape index (κ1) is 16.3. The number of halogens is 3. The van der Waals surface area contributed by atoms with Crippen molar-refractivity contribution >= 4 is 11.7 Å². The standard InChI is InChI=1S/C17H15F3N2O2/c1-10-7-11(5-6-21-10)22-8-13-12(14(9-22)16(23)24)3-2-4-15(13)17(18,19)20/h2-7,14H,8-9H2,1H3,(H,23,24). The van der Waals surface area contributed by atoms with Crippen LogP contribution in [0.3, 0.4) is 0 Å². The van der Waals surface area contributed by atoms with Crippen molar-refractivity contribution in [1.82, 2.24) is 4.98 Å². The zero-order chi connectivity index (χ0) is 17.5. The number of carboxylic acid groups (broad SMARTS) is 1. The van der Waals surface area contributed by atoms with Crippen molar-refractivity contribution in [2.45, 2.75) is 25.6 Å². The minimum atomic E-state index is -4.52. The van der Waals surface area contributed by atoms with E-state index in [-0.39, 0.29) is 24.2 Å². The van der Waals surface area contributed by atoms with E-state index >= 15 is 0 Å². The lowest BCUT2D eigenvalue weighted by molar-refractivity contribution is -0.140. The largest absolute Gasteiger partial charge is 0.481 e. The van der Waals surface area contributed by atoms with E-state index in [9.17, 15) is 23.1 Å². The van der Waals surface area contributed by atoms with Gasteiger partial charge in [-0.05, 0) is 36.2 Å². The SMILES string of the molecule is Cc1cc(N2Cc3c(cccc3C(F)(F)F)C(C(=O)O)C2)ccn1. The Balaban J connectivity index is 2.11. The lowest BCUT2D eigenvalue weighted by atomic mass is 9.86. The van der Waals surface area contributed by atoms with Gasteiger partial charge in [0.1, 0.15) is 0 Å². The summed E-state index contributed by atoms with van der Waals surface area (Å²) in [5.74, 6) is -2.14. The van der Waals surface area contributed by atoms with Crippen LogP contribution in [0.1, 0.15) is 28.3 Å². The maximum absolute atomic E-state index is 13.3. The molecule has 0 saturated carbocycles. The van der Waals surface area contributed by atoms with E-state index in [1.54, 1.807) is 30.2 Å². The van der Waals surface area contributed by atoms with Crippen LogP contribution in [0.2, 0.25) is 0 Å². The van der Waals surface area contributed by atoms with Gasteiger partial charge in [0.25, 0.3) is 0 Å². The van der Waals surface area contributed by atoms with Crippen LogP contribution in [0, 0.1) is 6.92 Å². The number of pyridine rings is 1. The van der Waals surface area contributed by atoms with Crippen LogP contribution >= 0.6 is 0 Å². The first-order valence-corrected chi connectivity index (χ1v) is 7.37. The number of rotatable bonds is 2. The maximum atomic E-state index is 13.3. The Hall–Kier alpha value is -2.57. The highest BCUT2D eigenvalue weighted by Gasteiger charge is 2.39. The molecular formula is C17H15F3N2O2. The van der Waals surface area contributed by atoms with Gasteiger partial charge in [-0.1, -0.05) is 12.1 Å². The van der Waals surface area contributed by atoms with Crippen LogP contribution in [-0.2, 0) is 17.5 Å². The molecule has 126 valence electrons. The molecule has 0 amide bonds. The summed E-state index contributed by atoms with van der Waals surface area (Å²) in [6, 6.07) is 7.15. The van der Waals surface area contributed by atoms with Gasteiger partial charge in [-0.15, -0.1) is 0 Å². The van der Waals surface area contributed by atoms with E-state index in [4.69, 9.17) is 0 Å². The molecule has 2 aromatic rings. The normalized spacial score (nSPS) is 17.5. The fourth-order valence-electron chi connectivity index (χ4n) is 3.08. The summed E-state index contributed by atoms with van der Waals surface area (Å²) in [5.41, 5.74) is 0.866. The van der Waals surface area contributed by atoms with Crippen molar-refractivity contribution in [3.8, 4) is 0 Å². The highest BCUT2D eigenvalue weighted by atomic mass is 19.4. The second kappa shape index (κ2) is 5.81. The highest BCUT2D eigenvalue weighted by molar-refractivity contribution is 5.79. The second-order valence-electron chi connectivity index (χ2n) is 5.80. The Labute approximate surface area is 136 Å². The van der Waals surface area contributed by atoms with Gasteiger partial charge in [0.05, 0.1) is 11.5 Å². The predicted molar refractivity (Wildman–Crippen MR) is 81.8 cm³/mol. The lowest BCUT2D eigenvalue weighted by Crippen LogP contribution is -2.38. The van der Waals surface area contributed by atoms with Gasteiger partial charge in [-0.3, -0.25) is 9.78 Å². The molecule has 0 fully saturated rings. The van der Waals surface area contributed by atoms with Gasteiger partial charge in [0, 0.05) is 30.7 Å². The minimum absolute atomic E-state index is 0.0122. The smallest absolute Gasteiger partial charge is 0.416 e. The number of fused-ring (bicyclic) bond motifs is 1. The molecule has 0 saturated heterocycles. The van der Waals surface area contributed by atoms with Gasteiger partial charge < -0.3 is 10.0 Å². The van der Waals surface area contributed by atoms with Crippen LogP contribution in [0.5, 0.6) is 0 Å². The summed E-state index contributed by atoms with van der Waals surface area (Å²) in [5, 5.41) is 9.48. The second-order valence-corrected chi connectivity index (χ2v) is 5.80. The third kappa shape index (κ3) is 2.93. The number of nitrogens with zero attached hydrogens (tertiary/aromatic N) is 2. The van der Waals surface area contributed by atoms with Gasteiger partial charge >= 0.3 is 12.1 Å². The Morgan fingerprint density at radius 2 is 2.08 bits per heavy atom. The maximum Gasteiger partial charge on any atom is 0.416 e. The number of carboxylic acids is 1. The Kier molecular flexibility index (Phi) is 3.95. The molecule has 0 radical (unpaired) electrons. The molecule has 2 heterocycles. The first-order chi connectivity index (χ1) is 11.3.